The van der Waals surface area contributed by atoms with Crippen molar-refractivity contribution in [2.24, 2.45) is 5.92 Å². The molecule has 3 rings (SSSR count). The summed E-state index contributed by atoms with van der Waals surface area (Å²) < 4.78 is 5.34. The van der Waals surface area contributed by atoms with Crippen LogP contribution in [0.4, 0.5) is 0 Å². The maximum absolute atomic E-state index is 13.5. The second-order valence-electron chi connectivity index (χ2n) is 8.68. The van der Waals surface area contributed by atoms with Crippen LogP contribution < -0.4 is 10.1 Å². The number of para-hydroxylation sites is 1. The zero-order valence-electron chi connectivity index (χ0n) is 19.6. The smallest absolute Gasteiger partial charge is 0.257 e. The van der Waals surface area contributed by atoms with Gasteiger partial charge in [0, 0.05) is 32.6 Å². The number of rotatable bonds is 7. The van der Waals surface area contributed by atoms with Crippen LogP contribution in [0.3, 0.4) is 0 Å². The van der Waals surface area contributed by atoms with Crippen LogP contribution in [0.5, 0.6) is 5.75 Å². The molecule has 0 bridgehead atoms. The number of carbonyl (C=O) groups excluding carboxylic acids is 3. The van der Waals surface area contributed by atoms with E-state index in [1.807, 2.05) is 56.3 Å². The monoisotopic (exact) mass is 451 g/mol. The third kappa shape index (κ3) is 6.34. The second kappa shape index (κ2) is 11.5. The molecule has 1 aliphatic rings. The highest BCUT2D eigenvalue weighted by Gasteiger charge is 2.30. The molecule has 2 aromatic rings. The van der Waals surface area contributed by atoms with Crippen LogP contribution in [0.2, 0.25) is 0 Å². The highest BCUT2D eigenvalue weighted by Crippen LogP contribution is 2.22. The molecule has 0 aliphatic carbocycles. The normalized spacial score (nSPS) is 15.0. The van der Waals surface area contributed by atoms with Gasteiger partial charge in [0.1, 0.15) is 11.8 Å². The van der Waals surface area contributed by atoms with Crippen LogP contribution in [-0.4, -0.2) is 60.8 Å². The van der Waals surface area contributed by atoms with Gasteiger partial charge in [-0.2, -0.15) is 0 Å². The highest BCUT2D eigenvalue weighted by molar-refractivity contribution is 5.97. The molecule has 1 fully saturated rings. The number of benzene rings is 2. The predicted molar refractivity (Wildman–Crippen MR) is 127 cm³/mol. The van der Waals surface area contributed by atoms with E-state index in [0.29, 0.717) is 50.3 Å². The third-order valence-corrected chi connectivity index (χ3v) is 5.71. The molecular weight excluding hydrogens is 418 g/mol. The lowest BCUT2D eigenvalue weighted by Gasteiger charge is -2.27. The molecule has 0 saturated carbocycles. The summed E-state index contributed by atoms with van der Waals surface area (Å²) in [6.45, 7) is 5.85. The van der Waals surface area contributed by atoms with Gasteiger partial charge in [0.25, 0.3) is 5.91 Å². The Bertz CT molecular complexity index is 961. The van der Waals surface area contributed by atoms with Gasteiger partial charge < -0.3 is 19.9 Å². The fourth-order valence-electron chi connectivity index (χ4n) is 4.04. The molecule has 1 heterocycles. The fraction of sp³-hybridized carbons (Fsp3) is 0.423. The minimum Gasteiger partial charge on any atom is -0.496 e. The van der Waals surface area contributed by atoms with E-state index < -0.39 is 6.04 Å². The molecule has 0 radical (unpaired) electrons. The molecule has 7 nitrogen and oxygen atoms in total. The number of ether oxygens (including phenoxy) is 1. The topological polar surface area (TPSA) is 79.0 Å². The summed E-state index contributed by atoms with van der Waals surface area (Å²) in [6.07, 6.45) is 1.02. The van der Waals surface area contributed by atoms with Gasteiger partial charge in [-0.25, -0.2) is 0 Å². The van der Waals surface area contributed by atoms with Crippen molar-refractivity contribution in [2.45, 2.75) is 32.7 Å². The van der Waals surface area contributed by atoms with E-state index in [-0.39, 0.29) is 23.6 Å². The molecule has 1 saturated heterocycles. The fourth-order valence-corrected chi connectivity index (χ4v) is 4.04. The highest BCUT2D eigenvalue weighted by atomic mass is 16.5. The number of amides is 3. The lowest BCUT2D eigenvalue weighted by Crippen LogP contribution is -2.44. The molecule has 1 unspecified atom stereocenters. The van der Waals surface area contributed by atoms with Crippen LogP contribution in [0.1, 0.15) is 48.7 Å². The van der Waals surface area contributed by atoms with Crippen molar-refractivity contribution in [1.29, 1.82) is 0 Å². The quantitative estimate of drug-likeness (QED) is 0.701. The Labute approximate surface area is 195 Å². The maximum Gasteiger partial charge on any atom is 0.257 e. The third-order valence-electron chi connectivity index (χ3n) is 5.71. The van der Waals surface area contributed by atoms with Gasteiger partial charge in [-0.1, -0.05) is 56.3 Å². The standard InChI is InChI=1S/C26H33N3O4/c1-19(2)18-23(30)27-24(20-10-5-4-6-11-20)26(32)29-15-9-14-28(16-17-29)25(31)21-12-7-8-13-22(21)33-3/h4-8,10-13,19,24H,9,14-18H2,1-3H3,(H,27,30). The van der Waals surface area contributed by atoms with Crippen molar-refractivity contribution in [1.82, 2.24) is 15.1 Å². The average molecular weight is 452 g/mol. The zero-order chi connectivity index (χ0) is 23.8. The van der Waals surface area contributed by atoms with Gasteiger partial charge in [0.15, 0.2) is 0 Å². The molecule has 1 atom stereocenters. The molecule has 33 heavy (non-hydrogen) atoms. The molecule has 3 amide bonds. The average Bonchev–Trinajstić information content (AvgIpc) is 3.08. The van der Waals surface area contributed by atoms with E-state index in [2.05, 4.69) is 5.32 Å². The lowest BCUT2D eigenvalue weighted by atomic mass is 10.0. The van der Waals surface area contributed by atoms with Crippen LogP contribution in [0.25, 0.3) is 0 Å². The summed E-state index contributed by atoms with van der Waals surface area (Å²) in [6, 6.07) is 15.7. The first-order valence-corrected chi connectivity index (χ1v) is 11.5. The van der Waals surface area contributed by atoms with Crippen molar-refractivity contribution in [3.05, 3.63) is 65.7 Å². The van der Waals surface area contributed by atoms with Gasteiger partial charge in [0.05, 0.1) is 12.7 Å². The largest absolute Gasteiger partial charge is 0.496 e. The van der Waals surface area contributed by atoms with Crippen molar-refractivity contribution in [3.63, 3.8) is 0 Å². The van der Waals surface area contributed by atoms with E-state index in [9.17, 15) is 14.4 Å². The molecule has 0 spiro atoms. The first-order valence-electron chi connectivity index (χ1n) is 11.5. The van der Waals surface area contributed by atoms with E-state index in [1.54, 1.807) is 29.0 Å². The summed E-state index contributed by atoms with van der Waals surface area (Å²) in [4.78, 5) is 42.6. The number of nitrogens with zero attached hydrogens (tertiary/aromatic N) is 2. The van der Waals surface area contributed by atoms with E-state index >= 15 is 0 Å². The number of hydrogen-bond acceptors (Lipinski definition) is 4. The van der Waals surface area contributed by atoms with E-state index in [0.717, 1.165) is 5.56 Å². The van der Waals surface area contributed by atoms with Gasteiger partial charge >= 0.3 is 0 Å². The summed E-state index contributed by atoms with van der Waals surface area (Å²) in [5.41, 5.74) is 1.27. The van der Waals surface area contributed by atoms with Gasteiger partial charge in [-0.15, -0.1) is 0 Å². The molecule has 0 aromatic heterocycles. The SMILES string of the molecule is COc1ccccc1C(=O)N1CCCN(C(=O)C(NC(=O)CC(C)C)c2ccccc2)CC1. The lowest BCUT2D eigenvalue weighted by molar-refractivity contribution is -0.136. The number of nitrogens with one attached hydrogen (secondary N) is 1. The summed E-state index contributed by atoms with van der Waals surface area (Å²) >= 11 is 0. The van der Waals surface area contributed by atoms with Crippen molar-refractivity contribution in [3.8, 4) is 5.75 Å². The maximum atomic E-state index is 13.5. The van der Waals surface area contributed by atoms with Gasteiger partial charge in [0.2, 0.25) is 11.8 Å². The molecule has 2 aromatic carbocycles. The van der Waals surface area contributed by atoms with Gasteiger partial charge in [-0.05, 0) is 30.0 Å². The Morgan fingerprint density at radius 3 is 2.24 bits per heavy atom. The van der Waals surface area contributed by atoms with Crippen molar-refractivity contribution in [2.75, 3.05) is 33.3 Å². The van der Waals surface area contributed by atoms with Crippen LogP contribution in [0, 0.1) is 5.92 Å². The molecule has 7 heteroatoms. The van der Waals surface area contributed by atoms with E-state index in [1.165, 1.54) is 0 Å². The Kier molecular flexibility index (Phi) is 8.46. The minimum absolute atomic E-state index is 0.105. The van der Waals surface area contributed by atoms with Crippen molar-refractivity contribution >= 4 is 17.7 Å². The summed E-state index contributed by atoms with van der Waals surface area (Å²) in [5, 5.41) is 2.93. The van der Waals surface area contributed by atoms with Crippen LogP contribution >= 0.6 is 0 Å². The Hall–Kier alpha value is -3.35. The van der Waals surface area contributed by atoms with Crippen LogP contribution in [0.15, 0.2) is 54.6 Å². The Balaban J connectivity index is 1.73. The molecule has 176 valence electrons. The molecular formula is C26H33N3O4. The summed E-state index contributed by atoms with van der Waals surface area (Å²) in [7, 11) is 1.55. The van der Waals surface area contributed by atoms with Crippen LogP contribution in [-0.2, 0) is 9.59 Å². The molecule has 1 N–H and O–H groups in total. The Morgan fingerprint density at radius 1 is 0.909 bits per heavy atom. The predicted octanol–water partition coefficient (Wildman–Crippen LogP) is 3.27. The Morgan fingerprint density at radius 2 is 1.55 bits per heavy atom. The number of methoxy groups -OCH3 is 1. The minimum atomic E-state index is -0.742. The number of hydrogen-bond donors (Lipinski definition) is 1. The molecule has 1 aliphatic heterocycles. The van der Waals surface area contributed by atoms with E-state index in [4.69, 9.17) is 4.74 Å². The summed E-state index contributed by atoms with van der Waals surface area (Å²) in [5.74, 6) is 0.340. The van der Waals surface area contributed by atoms with Crippen molar-refractivity contribution < 1.29 is 19.1 Å². The first-order chi connectivity index (χ1) is 15.9. The van der Waals surface area contributed by atoms with Gasteiger partial charge in [-0.3, -0.25) is 14.4 Å². The zero-order valence-corrected chi connectivity index (χ0v) is 19.6. The first kappa shape index (κ1) is 24.3. The second-order valence-corrected chi connectivity index (χ2v) is 8.68. The number of carbonyl (C=O) groups is 3.